The first-order valence-corrected chi connectivity index (χ1v) is 2.13. The predicted molar refractivity (Wildman–Crippen MR) is 28.4 cm³/mol. The molecule has 4 heteroatoms. The molecule has 0 radical (unpaired) electrons. The minimum absolute atomic E-state index is 0. The monoisotopic (exact) mass is 342 g/mol. The second-order valence-electron chi connectivity index (χ2n) is 1.68. The van der Waals surface area contributed by atoms with E-state index in [1.165, 1.54) is 0 Å². The summed E-state index contributed by atoms with van der Waals surface area (Å²) in [5, 5.41) is 0. The van der Waals surface area contributed by atoms with Gasteiger partial charge in [-0.15, -0.1) is 7.05 Å². The standard InChI is InChI=1S/C4H12N2O.U/c1-5-6(2,3)7-4;/h1-4H3;. The topological polar surface area (TPSA) is 23.3 Å². The molecule has 0 aromatic heterocycles. The van der Waals surface area contributed by atoms with Crippen molar-refractivity contribution >= 4 is 0 Å². The molecule has 0 saturated carbocycles. The average Bonchev–Trinajstić information content (AvgIpc) is 1.68. The Morgan fingerprint density at radius 2 is 1.75 bits per heavy atom. The number of hydrogen-bond donors (Lipinski definition) is 0. The molecule has 0 rings (SSSR count). The van der Waals surface area contributed by atoms with E-state index in [0.29, 0.717) is 0 Å². The van der Waals surface area contributed by atoms with Crippen molar-refractivity contribution in [3.63, 3.8) is 0 Å². The molecule has 0 heterocycles. The zero-order valence-corrected chi connectivity index (χ0v) is 9.97. The van der Waals surface area contributed by atoms with Crippen molar-refractivity contribution < 1.29 is 40.7 Å². The van der Waals surface area contributed by atoms with Crippen LogP contribution in [0.3, 0.4) is 0 Å². The Balaban J connectivity index is 0. The van der Waals surface area contributed by atoms with Crippen LogP contribution in [0.2, 0.25) is 0 Å². The van der Waals surface area contributed by atoms with Gasteiger partial charge in [-0.1, -0.05) is 0 Å². The van der Waals surface area contributed by atoms with E-state index in [-0.39, 0.29) is 35.9 Å². The molecule has 0 spiro atoms. The summed E-state index contributed by atoms with van der Waals surface area (Å²) in [6.45, 7) is 0. The van der Waals surface area contributed by atoms with Crippen LogP contribution in [0.15, 0.2) is 0 Å². The van der Waals surface area contributed by atoms with Gasteiger partial charge in [0.25, 0.3) is 0 Å². The van der Waals surface area contributed by atoms with Gasteiger partial charge in [0, 0.05) is 31.1 Å². The van der Waals surface area contributed by atoms with Crippen LogP contribution in [0.4, 0.5) is 0 Å². The van der Waals surface area contributed by atoms with Gasteiger partial charge in [0.15, 0.2) is 0 Å². The second-order valence-corrected chi connectivity index (χ2v) is 1.68. The fourth-order valence-electron chi connectivity index (χ4n) is 0.0816. The fraction of sp³-hybridized carbons (Fsp3) is 1.00. The number of quaternary nitrogens is 1. The van der Waals surface area contributed by atoms with Crippen molar-refractivity contribution in [2.45, 2.75) is 0 Å². The van der Waals surface area contributed by atoms with Gasteiger partial charge in [-0.05, 0) is 0 Å². The molecule has 0 aromatic rings. The summed E-state index contributed by atoms with van der Waals surface area (Å²) in [5.74, 6) is 0. The van der Waals surface area contributed by atoms with Gasteiger partial charge in [0.1, 0.15) is 0 Å². The minimum atomic E-state index is 0. The van der Waals surface area contributed by atoms with E-state index in [1.807, 2.05) is 14.1 Å². The maximum Gasteiger partial charge on any atom is 0.0945 e. The molecule has 8 heavy (non-hydrogen) atoms. The van der Waals surface area contributed by atoms with Crippen molar-refractivity contribution in [2.24, 2.45) is 0 Å². The first-order chi connectivity index (χ1) is 3.12. The number of rotatable bonds is 2. The van der Waals surface area contributed by atoms with Gasteiger partial charge in [-0.2, -0.15) is 0 Å². The van der Waals surface area contributed by atoms with E-state index < -0.39 is 0 Å². The van der Waals surface area contributed by atoms with Crippen molar-refractivity contribution in [2.75, 3.05) is 28.3 Å². The Kier molecular flexibility index (Phi) is 6.98. The van der Waals surface area contributed by atoms with Gasteiger partial charge in [0.2, 0.25) is 0 Å². The van der Waals surface area contributed by atoms with Crippen LogP contribution in [0.5, 0.6) is 0 Å². The summed E-state index contributed by atoms with van der Waals surface area (Å²) in [4.78, 5) is 4.86. The molecule has 0 N–H and O–H groups in total. The maximum absolute atomic E-state index is 4.86. The zero-order valence-electron chi connectivity index (χ0n) is 5.80. The minimum Gasteiger partial charge on any atom is -0.421 e. The Bertz CT molecular complexity index is 52.0. The molecule has 0 aliphatic heterocycles. The summed E-state index contributed by atoms with van der Waals surface area (Å²) in [6.07, 6.45) is 0. The molecule has 3 nitrogen and oxygen atoms in total. The van der Waals surface area contributed by atoms with E-state index in [9.17, 15) is 0 Å². The molecule has 0 aliphatic carbocycles. The number of hydroxylamine groups is 2. The average molecular weight is 342 g/mol. The SMILES string of the molecule is C[N-][N+](C)(C)OC.[U]. The zero-order chi connectivity index (χ0) is 5.91. The molecule has 0 saturated heterocycles. The number of hydrogen-bond acceptors (Lipinski definition) is 1. The van der Waals surface area contributed by atoms with Crippen molar-refractivity contribution in [3.8, 4) is 0 Å². The molecule has 0 fully saturated rings. The Labute approximate surface area is 74.3 Å². The normalized spacial score (nSPS) is 10.5. The van der Waals surface area contributed by atoms with E-state index >= 15 is 0 Å². The molecule has 0 amide bonds. The van der Waals surface area contributed by atoms with Crippen molar-refractivity contribution in [1.82, 2.24) is 0 Å². The molecule has 0 bridgehead atoms. The molecule has 0 aromatic carbocycles. The first kappa shape index (κ1) is 11.7. The predicted octanol–water partition coefficient (Wildman–Crippen LogP) is 0.543. The van der Waals surface area contributed by atoms with Crippen LogP contribution < -0.4 is 0 Å². The van der Waals surface area contributed by atoms with Gasteiger partial charge >= 0.3 is 0 Å². The summed E-state index contributed by atoms with van der Waals surface area (Å²) >= 11 is 0. The quantitative estimate of drug-likeness (QED) is 0.531. The molecular weight excluding hydrogens is 330 g/mol. The Morgan fingerprint density at radius 3 is 1.75 bits per heavy atom. The van der Waals surface area contributed by atoms with Gasteiger partial charge in [-0.25, -0.2) is 9.59 Å². The third kappa shape index (κ3) is 5.08. The van der Waals surface area contributed by atoms with E-state index in [1.54, 1.807) is 14.2 Å². The van der Waals surface area contributed by atoms with E-state index in [0.717, 1.165) is 0 Å². The fourth-order valence-corrected chi connectivity index (χ4v) is 0.0816. The Morgan fingerprint density at radius 1 is 1.38 bits per heavy atom. The summed E-state index contributed by atoms with van der Waals surface area (Å²) < 4.78 is 0.264. The van der Waals surface area contributed by atoms with Crippen molar-refractivity contribution in [1.29, 1.82) is 0 Å². The smallest absolute Gasteiger partial charge is 0.0945 e. The van der Waals surface area contributed by atoms with Gasteiger partial charge < -0.3 is 5.43 Å². The van der Waals surface area contributed by atoms with E-state index in [4.69, 9.17) is 4.84 Å². The van der Waals surface area contributed by atoms with Crippen LogP contribution in [0.25, 0.3) is 5.43 Å². The molecule has 0 aliphatic rings. The van der Waals surface area contributed by atoms with Crippen LogP contribution in [0.1, 0.15) is 0 Å². The van der Waals surface area contributed by atoms with Crippen molar-refractivity contribution in [3.05, 3.63) is 5.43 Å². The first-order valence-electron chi connectivity index (χ1n) is 2.13. The van der Waals surface area contributed by atoms with Gasteiger partial charge in [-0.3, -0.25) is 0 Å². The van der Waals surface area contributed by atoms with Crippen LogP contribution in [-0.4, -0.2) is 33.0 Å². The molecular formula is C4H12N2OU. The maximum atomic E-state index is 4.86. The molecule has 0 atom stereocenters. The Hall–Kier alpha value is 0.932. The third-order valence-electron chi connectivity index (χ3n) is 0.928. The second kappa shape index (κ2) is 4.78. The van der Waals surface area contributed by atoms with Crippen LogP contribution in [0, 0.1) is 31.1 Å². The van der Waals surface area contributed by atoms with Gasteiger partial charge in [0.05, 0.1) is 21.2 Å². The largest absolute Gasteiger partial charge is 0.421 e. The van der Waals surface area contributed by atoms with E-state index in [2.05, 4.69) is 5.43 Å². The molecule has 48 valence electrons. The van der Waals surface area contributed by atoms with Crippen LogP contribution in [-0.2, 0) is 4.84 Å². The summed E-state index contributed by atoms with van der Waals surface area (Å²) in [7, 11) is 7.02. The summed E-state index contributed by atoms with van der Waals surface area (Å²) in [5.41, 5.74) is 3.85. The third-order valence-corrected chi connectivity index (χ3v) is 0.928. The summed E-state index contributed by atoms with van der Waals surface area (Å²) in [6, 6.07) is 0. The molecule has 0 unspecified atom stereocenters. The number of nitrogens with zero attached hydrogens (tertiary/aromatic N) is 2. The van der Waals surface area contributed by atoms with Crippen LogP contribution >= 0.6 is 0 Å².